The molecule has 0 radical (unpaired) electrons. The van der Waals surface area contributed by atoms with Crippen LogP contribution in [0.15, 0.2) is 0 Å². The van der Waals surface area contributed by atoms with E-state index in [-0.39, 0.29) is 0 Å². The maximum Gasteiger partial charge on any atom is 0.00112 e. The maximum atomic E-state index is 3.45. The summed E-state index contributed by atoms with van der Waals surface area (Å²) in [5.74, 6) is 1.07. The summed E-state index contributed by atoms with van der Waals surface area (Å²) in [6, 6.07) is 0. The van der Waals surface area contributed by atoms with Gasteiger partial charge in [0.2, 0.25) is 0 Å². The highest BCUT2D eigenvalue weighted by molar-refractivity contribution is 5.08. The predicted molar refractivity (Wildman–Crippen MR) is 49.7 cm³/mol. The normalized spacial score (nSPS) is 39.0. The average molecular weight is 155 g/mol. The van der Waals surface area contributed by atoms with Gasteiger partial charge in [0.1, 0.15) is 0 Å². The summed E-state index contributed by atoms with van der Waals surface area (Å²) >= 11 is 0. The molecule has 1 heterocycles. The first kappa shape index (κ1) is 9.05. The van der Waals surface area contributed by atoms with Crippen LogP contribution >= 0.6 is 0 Å². The van der Waals surface area contributed by atoms with E-state index in [9.17, 15) is 0 Å². The van der Waals surface area contributed by atoms with Gasteiger partial charge in [0.05, 0.1) is 0 Å². The largest absolute Gasteiger partial charge is 0.316 e. The Hall–Kier alpha value is -0.0400. The Balaban J connectivity index is 0.000000281. The van der Waals surface area contributed by atoms with Gasteiger partial charge in [0, 0.05) is 6.54 Å². The van der Waals surface area contributed by atoms with Crippen LogP contribution in [0.3, 0.4) is 0 Å². The SMILES string of the molecule is CC.CCCC12CNCC1C2. The number of nitrogens with one attached hydrogen (secondary N) is 1. The van der Waals surface area contributed by atoms with Crippen LogP contribution in [0.5, 0.6) is 0 Å². The summed E-state index contributed by atoms with van der Waals surface area (Å²) in [5, 5.41) is 3.45. The minimum Gasteiger partial charge on any atom is -0.316 e. The molecule has 1 heteroatoms. The van der Waals surface area contributed by atoms with E-state index in [0.717, 1.165) is 11.3 Å². The second-order valence-electron chi connectivity index (χ2n) is 3.64. The monoisotopic (exact) mass is 155 g/mol. The maximum absolute atomic E-state index is 3.45. The van der Waals surface area contributed by atoms with Gasteiger partial charge in [-0.25, -0.2) is 0 Å². The lowest BCUT2D eigenvalue weighted by molar-refractivity contribution is 0.464. The van der Waals surface area contributed by atoms with Crippen LogP contribution in [-0.2, 0) is 0 Å². The van der Waals surface area contributed by atoms with Gasteiger partial charge in [0.25, 0.3) is 0 Å². The van der Waals surface area contributed by atoms with Gasteiger partial charge >= 0.3 is 0 Å². The third kappa shape index (κ3) is 1.58. The van der Waals surface area contributed by atoms with Gasteiger partial charge in [0.15, 0.2) is 0 Å². The molecule has 2 aliphatic rings. The van der Waals surface area contributed by atoms with Crippen molar-refractivity contribution < 1.29 is 0 Å². The quantitative estimate of drug-likeness (QED) is 0.646. The molecule has 1 N–H and O–H groups in total. The summed E-state index contributed by atoms with van der Waals surface area (Å²) in [4.78, 5) is 0. The zero-order valence-electron chi connectivity index (χ0n) is 8.11. The molecule has 0 aromatic carbocycles. The number of fused-ring (bicyclic) bond motifs is 1. The topological polar surface area (TPSA) is 12.0 Å². The zero-order chi connectivity index (χ0) is 8.32. The highest BCUT2D eigenvalue weighted by Crippen LogP contribution is 2.57. The van der Waals surface area contributed by atoms with Gasteiger partial charge in [-0.3, -0.25) is 0 Å². The lowest BCUT2D eigenvalue weighted by Gasteiger charge is -2.07. The molecule has 2 unspecified atom stereocenters. The molecular weight excluding hydrogens is 134 g/mol. The molecule has 66 valence electrons. The van der Waals surface area contributed by atoms with Gasteiger partial charge in [-0.05, 0) is 30.7 Å². The fourth-order valence-corrected chi connectivity index (χ4v) is 2.32. The van der Waals surface area contributed by atoms with E-state index in [1.165, 1.54) is 32.4 Å². The Morgan fingerprint density at radius 3 is 2.55 bits per heavy atom. The standard InChI is InChI=1S/C8H15N.C2H6/c1-2-3-8-4-7(8)5-9-6-8;1-2/h7,9H,2-6H2,1H3;1-2H3. The van der Waals surface area contributed by atoms with Crippen molar-refractivity contribution in [3.63, 3.8) is 0 Å². The van der Waals surface area contributed by atoms with Crippen molar-refractivity contribution in [3.8, 4) is 0 Å². The van der Waals surface area contributed by atoms with Crippen LogP contribution in [-0.4, -0.2) is 13.1 Å². The van der Waals surface area contributed by atoms with E-state index in [0.29, 0.717) is 0 Å². The molecule has 1 saturated heterocycles. The summed E-state index contributed by atoms with van der Waals surface area (Å²) in [6.45, 7) is 8.91. The molecule has 1 aliphatic carbocycles. The number of hydrogen-bond donors (Lipinski definition) is 1. The molecule has 0 bridgehead atoms. The molecule has 0 aromatic rings. The second-order valence-corrected chi connectivity index (χ2v) is 3.64. The fourth-order valence-electron chi connectivity index (χ4n) is 2.32. The third-order valence-corrected chi connectivity index (χ3v) is 2.97. The van der Waals surface area contributed by atoms with Crippen molar-refractivity contribution in [2.75, 3.05) is 13.1 Å². The van der Waals surface area contributed by atoms with E-state index in [4.69, 9.17) is 0 Å². The molecular formula is C10H21N. The summed E-state index contributed by atoms with van der Waals surface area (Å²) in [7, 11) is 0. The van der Waals surface area contributed by atoms with Crippen LogP contribution in [0.4, 0.5) is 0 Å². The van der Waals surface area contributed by atoms with Gasteiger partial charge in [-0.15, -0.1) is 0 Å². The Bertz CT molecular complexity index is 122. The second kappa shape index (κ2) is 3.57. The number of piperidine rings is 1. The molecule has 1 aliphatic heterocycles. The highest BCUT2D eigenvalue weighted by atomic mass is 15.0. The lowest BCUT2D eigenvalue weighted by atomic mass is 10.0. The van der Waals surface area contributed by atoms with Gasteiger partial charge in [-0.1, -0.05) is 27.2 Å². The van der Waals surface area contributed by atoms with Crippen LogP contribution in [0.2, 0.25) is 0 Å². The van der Waals surface area contributed by atoms with E-state index in [2.05, 4.69) is 12.2 Å². The molecule has 0 spiro atoms. The van der Waals surface area contributed by atoms with Crippen molar-refractivity contribution in [1.82, 2.24) is 5.32 Å². The van der Waals surface area contributed by atoms with Crippen molar-refractivity contribution >= 4 is 0 Å². The Kier molecular flexibility index (Phi) is 2.94. The minimum atomic E-state index is 0.800. The van der Waals surface area contributed by atoms with E-state index >= 15 is 0 Å². The molecule has 2 atom stereocenters. The van der Waals surface area contributed by atoms with Crippen molar-refractivity contribution in [2.45, 2.75) is 40.0 Å². The molecule has 2 fully saturated rings. The summed E-state index contributed by atoms with van der Waals surface area (Å²) < 4.78 is 0. The number of hydrogen-bond acceptors (Lipinski definition) is 1. The van der Waals surface area contributed by atoms with E-state index in [1.54, 1.807) is 0 Å². The molecule has 0 aromatic heterocycles. The predicted octanol–water partition coefficient (Wildman–Crippen LogP) is 2.42. The zero-order valence-corrected chi connectivity index (χ0v) is 8.11. The van der Waals surface area contributed by atoms with Gasteiger partial charge in [-0.2, -0.15) is 0 Å². The Morgan fingerprint density at radius 1 is 1.45 bits per heavy atom. The first-order valence-electron chi connectivity index (χ1n) is 5.08. The first-order chi connectivity index (χ1) is 5.37. The summed E-state index contributed by atoms with van der Waals surface area (Å²) in [6.07, 6.45) is 4.36. The smallest absolute Gasteiger partial charge is 0.00112 e. The lowest BCUT2D eigenvalue weighted by Crippen LogP contribution is -2.15. The molecule has 1 saturated carbocycles. The third-order valence-electron chi connectivity index (χ3n) is 2.97. The van der Waals surface area contributed by atoms with Gasteiger partial charge < -0.3 is 5.32 Å². The van der Waals surface area contributed by atoms with Crippen molar-refractivity contribution in [2.24, 2.45) is 11.3 Å². The van der Waals surface area contributed by atoms with Crippen molar-refractivity contribution in [1.29, 1.82) is 0 Å². The van der Waals surface area contributed by atoms with Crippen molar-refractivity contribution in [3.05, 3.63) is 0 Å². The number of rotatable bonds is 2. The van der Waals surface area contributed by atoms with E-state index < -0.39 is 0 Å². The fraction of sp³-hybridized carbons (Fsp3) is 1.00. The molecule has 0 amide bonds. The minimum absolute atomic E-state index is 0.800. The van der Waals surface area contributed by atoms with Crippen LogP contribution < -0.4 is 5.32 Å². The molecule has 11 heavy (non-hydrogen) atoms. The van der Waals surface area contributed by atoms with Crippen LogP contribution in [0.25, 0.3) is 0 Å². The molecule has 1 nitrogen and oxygen atoms in total. The van der Waals surface area contributed by atoms with Crippen LogP contribution in [0, 0.1) is 11.3 Å². The Morgan fingerprint density at radius 2 is 2.18 bits per heavy atom. The highest BCUT2D eigenvalue weighted by Gasteiger charge is 2.55. The summed E-state index contributed by atoms with van der Waals surface area (Å²) in [5.41, 5.74) is 0.800. The van der Waals surface area contributed by atoms with Crippen LogP contribution in [0.1, 0.15) is 40.0 Å². The first-order valence-corrected chi connectivity index (χ1v) is 5.08. The molecule has 2 rings (SSSR count). The Labute approximate surface area is 70.6 Å². The van der Waals surface area contributed by atoms with E-state index in [1.807, 2.05) is 13.8 Å². The average Bonchev–Trinajstić information content (AvgIpc) is 2.58.